The van der Waals surface area contributed by atoms with E-state index < -0.39 is 0 Å². The number of pyridine rings is 1. The first kappa shape index (κ1) is 10.6. The second-order valence-electron chi connectivity index (χ2n) is 4.00. The van der Waals surface area contributed by atoms with E-state index in [0.29, 0.717) is 11.6 Å². The second kappa shape index (κ2) is 3.92. The van der Waals surface area contributed by atoms with E-state index >= 15 is 0 Å². The van der Waals surface area contributed by atoms with Crippen LogP contribution in [0.5, 0.6) is 0 Å². The Kier molecular flexibility index (Phi) is 2.60. The Morgan fingerprint density at radius 3 is 2.81 bits per heavy atom. The summed E-state index contributed by atoms with van der Waals surface area (Å²) in [6.07, 6.45) is 1.71. The van der Waals surface area contributed by atoms with E-state index in [1.807, 2.05) is 13.8 Å². The van der Waals surface area contributed by atoms with Crippen LogP contribution in [-0.4, -0.2) is 20.6 Å². The molecule has 1 N–H and O–H groups in total. The van der Waals surface area contributed by atoms with Crippen LogP contribution in [0, 0.1) is 0 Å². The quantitative estimate of drug-likeness (QED) is 0.821. The topological polar surface area (TPSA) is 59.8 Å². The molecule has 0 unspecified atom stereocenters. The van der Waals surface area contributed by atoms with Gasteiger partial charge in [-0.05, 0) is 19.9 Å². The molecule has 0 fully saturated rings. The van der Waals surface area contributed by atoms with Gasteiger partial charge in [0, 0.05) is 30.7 Å². The molecular formula is C11H14N4O. The van der Waals surface area contributed by atoms with E-state index in [9.17, 15) is 4.79 Å². The van der Waals surface area contributed by atoms with Gasteiger partial charge in [-0.1, -0.05) is 0 Å². The molecule has 16 heavy (non-hydrogen) atoms. The second-order valence-corrected chi connectivity index (χ2v) is 4.00. The fraction of sp³-hybridized carbons (Fsp3) is 0.364. The summed E-state index contributed by atoms with van der Waals surface area (Å²) in [5.41, 5.74) is 0.576. The van der Waals surface area contributed by atoms with Gasteiger partial charge in [0.1, 0.15) is 5.65 Å². The lowest BCUT2D eigenvalue weighted by atomic mass is 10.3. The highest BCUT2D eigenvalue weighted by Gasteiger charge is 2.04. The maximum absolute atomic E-state index is 11.4. The molecule has 0 saturated carbocycles. The number of hydrogen-bond donors (Lipinski definition) is 1. The van der Waals surface area contributed by atoms with Crippen LogP contribution in [0.3, 0.4) is 0 Å². The lowest BCUT2D eigenvalue weighted by Gasteiger charge is -2.09. The standard InChI is InChI=1S/C11H14N4O/c1-7(2)13-11-12-6-8-4-5-9(16)15(3)10(8)14-11/h4-7H,1-3H3,(H,12,13,14). The average Bonchev–Trinajstić information content (AvgIpc) is 2.23. The maximum atomic E-state index is 11.4. The smallest absolute Gasteiger partial charge is 0.251 e. The number of anilines is 1. The van der Waals surface area contributed by atoms with Gasteiger partial charge in [0.2, 0.25) is 5.95 Å². The minimum Gasteiger partial charge on any atom is -0.352 e. The summed E-state index contributed by atoms with van der Waals surface area (Å²) in [6.45, 7) is 4.02. The van der Waals surface area contributed by atoms with Gasteiger partial charge >= 0.3 is 0 Å². The summed E-state index contributed by atoms with van der Waals surface area (Å²) < 4.78 is 1.52. The Morgan fingerprint density at radius 2 is 2.12 bits per heavy atom. The zero-order valence-corrected chi connectivity index (χ0v) is 9.56. The molecule has 0 atom stereocenters. The molecule has 0 spiro atoms. The largest absolute Gasteiger partial charge is 0.352 e. The van der Waals surface area contributed by atoms with Gasteiger partial charge in [-0.25, -0.2) is 4.98 Å². The molecule has 0 amide bonds. The van der Waals surface area contributed by atoms with Crippen molar-refractivity contribution in [3.05, 3.63) is 28.7 Å². The number of rotatable bonds is 2. The zero-order chi connectivity index (χ0) is 11.7. The van der Waals surface area contributed by atoms with Crippen LogP contribution in [-0.2, 0) is 7.05 Å². The number of hydrogen-bond acceptors (Lipinski definition) is 4. The minimum absolute atomic E-state index is 0.0679. The van der Waals surface area contributed by atoms with E-state index in [1.165, 1.54) is 10.6 Å². The van der Waals surface area contributed by atoms with E-state index in [1.54, 1.807) is 19.3 Å². The molecule has 0 aliphatic heterocycles. The van der Waals surface area contributed by atoms with Crippen molar-refractivity contribution in [2.45, 2.75) is 19.9 Å². The molecule has 2 aromatic rings. The minimum atomic E-state index is -0.0679. The third-order valence-corrected chi connectivity index (χ3v) is 2.27. The highest BCUT2D eigenvalue weighted by Crippen LogP contribution is 2.09. The van der Waals surface area contributed by atoms with Crippen LogP contribution in [0.4, 0.5) is 5.95 Å². The monoisotopic (exact) mass is 218 g/mol. The predicted molar refractivity (Wildman–Crippen MR) is 63.5 cm³/mol. The SMILES string of the molecule is CC(C)Nc1ncc2ccc(=O)n(C)c2n1. The maximum Gasteiger partial charge on any atom is 0.251 e. The Hall–Kier alpha value is -1.91. The lowest BCUT2D eigenvalue weighted by molar-refractivity contribution is 0.857. The van der Waals surface area contributed by atoms with E-state index in [4.69, 9.17) is 0 Å². The van der Waals surface area contributed by atoms with Crippen molar-refractivity contribution in [3.8, 4) is 0 Å². The van der Waals surface area contributed by atoms with Gasteiger partial charge in [-0.3, -0.25) is 9.36 Å². The van der Waals surface area contributed by atoms with Crippen molar-refractivity contribution in [2.75, 3.05) is 5.32 Å². The summed E-state index contributed by atoms with van der Waals surface area (Å²) in [5, 5.41) is 3.96. The Balaban J connectivity index is 2.60. The molecule has 5 nitrogen and oxygen atoms in total. The van der Waals surface area contributed by atoms with Crippen molar-refractivity contribution in [3.63, 3.8) is 0 Å². The van der Waals surface area contributed by atoms with Crippen LogP contribution in [0.1, 0.15) is 13.8 Å². The summed E-state index contributed by atoms with van der Waals surface area (Å²) in [6, 6.07) is 3.51. The molecule has 84 valence electrons. The van der Waals surface area contributed by atoms with E-state index in [2.05, 4.69) is 15.3 Å². The molecule has 5 heteroatoms. The van der Waals surface area contributed by atoms with Crippen LogP contribution in [0.15, 0.2) is 23.1 Å². The first-order valence-electron chi connectivity index (χ1n) is 5.17. The highest BCUT2D eigenvalue weighted by molar-refractivity contribution is 5.74. The first-order chi connectivity index (χ1) is 7.58. The molecule has 0 radical (unpaired) electrons. The van der Waals surface area contributed by atoms with Gasteiger partial charge in [0.25, 0.3) is 5.56 Å². The average molecular weight is 218 g/mol. The van der Waals surface area contributed by atoms with Crippen LogP contribution in [0.25, 0.3) is 11.0 Å². The van der Waals surface area contributed by atoms with Crippen LogP contribution in [0.2, 0.25) is 0 Å². The summed E-state index contributed by atoms with van der Waals surface area (Å²) in [7, 11) is 1.71. The van der Waals surface area contributed by atoms with Crippen molar-refractivity contribution in [2.24, 2.45) is 7.05 Å². The van der Waals surface area contributed by atoms with Crippen molar-refractivity contribution < 1.29 is 0 Å². The fourth-order valence-electron chi connectivity index (χ4n) is 1.47. The van der Waals surface area contributed by atoms with Gasteiger partial charge in [0.05, 0.1) is 0 Å². The van der Waals surface area contributed by atoms with Crippen LogP contribution < -0.4 is 10.9 Å². The lowest BCUT2D eigenvalue weighted by Crippen LogP contribution is -2.18. The number of fused-ring (bicyclic) bond motifs is 1. The van der Waals surface area contributed by atoms with E-state index in [0.717, 1.165) is 5.39 Å². The Bertz CT molecular complexity index is 574. The molecule has 0 aliphatic rings. The predicted octanol–water partition coefficient (Wildman–Crippen LogP) is 1.15. The molecule has 2 rings (SSSR count). The molecule has 2 aromatic heterocycles. The molecule has 0 bridgehead atoms. The molecule has 0 aliphatic carbocycles. The van der Waals surface area contributed by atoms with Crippen LogP contribution >= 0.6 is 0 Å². The van der Waals surface area contributed by atoms with Gasteiger partial charge in [-0.2, -0.15) is 4.98 Å². The molecule has 2 heterocycles. The zero-order valence-electron chi connectivity index (χ0n) is 9.56. The molecule has 0 aromatic carbocycles. The molecular weight excluding hydrogens is 204 g/mol. The molecule has 0 saturated heterocycles. The van der Waals surface area contributed by atoms with Gasteiger partial charge in [-0.15, -0.1) is 0 Å². The number of nitrogens with zero attached hydrogens (tertiary/aromatic N) is 3. The summed E-state index contributed by atoms with van der Waals surface area (Å²) in [5.74, 6) is 0.545. The number of aromatic nitrogens is 3. The highest BCUT2D eigenvalue weighted by atomic mass is 16.1. The first-order valence-corrected chi connectivity index (χ1v) is 5.17. The third kappa shape index (κ3) is 1.88. The van der Waals surface area contributed by atoms with Gasteiger partial charge < -0.3 is 5.32 Å². The number of nitrogens with one attached hydrogen (secondary N) is 1. The Morgan fingerprint density at radius 1 is 1.38 bits per heavy atom. The fourth-order valence-corrected chi connectivity index (χ4v) is 1.47. The normalized spacial score (nSPS) is 11.0. The third-order valence-electron chi connectivity index (χ3n) is 2.27. The van der Waals surface area contributed by atoms with E-state index in [-0.39, 0.29) is 11.6 Å². The Labute approximate surface area is 93.2 Å². The van der Waals surface area contributed by atoms with Crippen molar-refractivity contribution >= 4 is 17.0 Å². The number of aryl methyl sites for hydroxylation is 1. The summed E-state index contributed by atoms with van der Waals surface area (Å²) >= 11 is 0. The van der Waals surface area contributed by atoms with Crippen molar-refractivity contribution in [1.82, 2.24) is 14.5 Å². The summed E-state index contributed by atoms with van der Waals surface area (Å²) in [4.78, 5) is 19.9. The van der Waals surface area contributed by atoms with Gasteiger partial charge in [0.15, 0.2) is 0 Å². The van der Waals surface area contributed by atoms with Crippen molar-refractivity contribution in [1.29, 1.82) is 0 Å².